The maximum atomic E-state index is 11.5. The zero-order chi connectivity index (χ0) is 13.8. The maximum absolute atomic E-state index is 11.5. The van der Waals surface area contributed by atoms with Crippen molar-refractivity contribution in [2.45, 2.75) is 39.7 Å². The van der Waals surface area contributed by atoms with E-state index in [1.807, 2.05) is 32.9 Å². The summed E-state index contributed by atoms with van der Waals surface area (Å²) in [6.45, 7) is 6.28. The Labute approximate surface area is 117 Å². The smallest absolute Gasteiger partial charge is 0.306 e. The van der Waals surface area contributed by atoms with Crippen molar-refractivity contribution >= 4 is 28.9 Å². The zero-order valence-corrected chi connectivity index (χ0v) is 12.6. The first-order valence-corrected chi connectivity index (χ1v) is 7.20. The van der Waals surface area contributed by atoms with Crippen molar-refractivity contribution in [1.29, 1.82) is 0 Å². The number of carbonyl (C=O) groups is 1. The first-order valence-electron chi connectivity index (χ1n) is 6.00. The molecule has 5 heteroatoms. The van der Waals surface area contributed by atoms with Gasteiger partial charge < -0.3 is 10.5 Å². The summed E-state index contributed by atoms with van der Waals surface area (Å²) >= 11 is 7.38. The highest BCUT2D eigenvalue weighted by atomic mass is 35.5. The van der Waals surface area contributed by atoms with Crippen molar-refractivity contribution in [3.05, 3.63) is 21.3 Å². The summed E-state index contributed by atoms with van der Waals surface area (Å²) in [5, 5.41) is 0. The Morgan fingerprint density at radius 3 is 2.72 bits per heavy atom. The van der Waals surface area contributed by atoms with Gasteiger partial charge in [0.15, 0.2) is 0 Å². The van der Waals surface area contributed by atoms with Gasteiger partial charge in [-0.25, -0.2) is 0 Å². The molecule has 0 aliphatic heterocycles. The van der Waals surface area contributed by atoms with Crippen LogP contribution in [0.5, 0.6) is 0 Å². The quantitative estimate of drug-likeness (QED) is 0.811. The van der Waals surface area contributed by atoms with Gasteiger partial charge in [-0.1, -0.05) is 25.4 Å². The molecular formula is C13H20ClNO2S. The number of ether oxygens (including phenoxy) is 1. The summed E-state index contributed by atoms with van der Waals surface area (Å²) in [6, 6.07) is 3.70. The average Bonchev–Trinajstić information content (AvgIpc) is 2.63. The summed E-state index contributed by atoms with van der Waals surface area (Å²) in [7, 11) is 0. The van der Waals surface area contributed by atoms with Crippen molar-refractivity contribution in [1.82, 2.24) is 0 Å². The molecule has 0 saturated heterocycles. The van der Waals surface area contributed by atoms with E-state index in [-0.39, 0.29) is 17.4 Å². The fourth-order valence-corrected chi connectivity index (χ4v) is 2.96. The van der Waals surface area contributed by atoms with Crippen LogP contribution in [0.1, 0.15) is 44.5 Å². The minimum Gasteiger partial charge on any atom is -0.466 e. The van der Waals surface area contributed by atoms with E-state index in [0.29, 0.717) is 13.0 Å². The van der Waals surface area contributed by atoms with E-state index in [9.17, 15) is 4.79 Å². The molecule has 1 aromatic heterocycles. The Morgan fingerprint density at radius 1 is 1.56 bits per heavy atom. The van der Waals surface area contributed by atoms with Crippen molar-refractivity contribution in [2.24, 2.45) is 11.1 Å². The van der Waals surface area contributed by atoms with Crippen molar-refractivity contribution in [2.75, 3.05) is 6.61 Å². The molecule has 102 valence electrons. The number of carbonyl (C=O) groups excluding carboxylic acids is 1. The molecule has 0 saturated carbocycles. The fourth-order valence-electron chi connectivity index (χ4n) is 1.90. The van der Waals surface area contributed by atoms with Gasteiger partial charge in [-0.15, -0.1) is 11.3 Å². The molecule has 1 atom stereocenters. The molecule has 0 spiro atoms. The van der Waals surface area contributed by atoms with Gasteiger partial charge >= 0.3 is 5.97 Å². The number of halogens is 1. The Balaban J connectivity index is 2.56. The molecule has 1 unspecified atom stereocenters. The van der Waals surface area contributed by atoms with Crippen LogP contribution >= 0.6 is 22.9 Å². The fraction of sp³-hybridized carbons (Fsp3) is 0.615. The number of hydrogen-bond acceptors (Lipinski definition) is 4. The van der Waals surface area contributed by atoms with Crippen LogP contribution in [0, 0.1) is 5.41 Å². The van der Waals surface area contributed by atoms with Crippen LogP contribution < -0.4 is 5.73 Å². The Hall–Kier alpha value is -0.580. The Kier molecular flexibility index (Phi) is 5.63. The molecule has 2 N–H and O–H groups in total. The lowest BCUT2D eigenvalue weighted by Gasteiger charge is -2.26. The molecule has 0 radical (unpaired) electrons. The minimum absolute atomic E-state index is 0.0908. The molecular weight excluding hydrogens is 270 g/mol. The van der Waals surface area contributed by atoms with Crippen LogP contribution in [-0.4, -0.2) is 12.6 Å². The van der Waals surface area contributed by atoms with Gasteiger partial charge in [0.05, 0.1) is 17.4 Å². The van der Waals surface area contributed by atoms with Crippen LogP contribution in [0.25, 0.3) is 0 Å². The molecule has 0 aromatic carbocycles. The zero-order valence-electron chi connectivity index (χ0n) is 11.0. The summed E-state index contributed by atoms with van der Waals surface area (Å²) < 4.78 is 5.71. The van der Waals surface area contributed by atoms with Gasteiger partial charge in [0.25, 0.3) is 0 Å². The summed E-state index contributed by atoms with van der Waals surface area (Å²) in [5.41, 5.74) is 5.97. The van der Waals surface area contributed by atoms with Crippen LogP contribution in [0.2, 0.25) is 4.34 Å². The largest absolute Gasteiger partial charge is 0.466 e. The number of nitrogens with two attached hydrogens (primary N) is 1. The van der Waals surface area contributed by atoms with E-state index < -0.39 is 0 Å². The molecule has 0 aliphatic carbocycles. The van der Waals surface area contributed by atoms with Crippen LogP contribution in [0.15, 0.2) is 12.1 Å². The van der Waals surface area contributed by atoms with Crippen LogP contribution in [0.4, 0.5) is 0 Å². The summed E-state index contributed by atoms with van der Waals surface area (Å²) in [5.74, 6) is -0.168. The third-order valence-corrected chi connectivity index (χ3v) is 4.02. The first-order chi connectivity index (χ1) is 8.34. The lowest BCUT2D eigenvalue weighted by atomic mass is 9.82. The van der Waals surface area contributed by atoms with Crippen LogP contribution in [0.3, 0.4) is 0 Å². The van der Waals surface area contributed by atoms with Crippen molar-refractivity contribution in [3.8, 4) is 0 Å². The number of thiophene rings is 1. The van der Waals surface area contributed by atoms with E-state index in [4.69, 9.17) is 22.1 Å². The Morgan fingerprint density at radius 2 is 2.22 bits per heavy atom. The van der Waals surface area contributed by atoms with Gasteiger partial charge in [-0.3, -0.25) is 4.79 Å². The maximum Gasteiger partial charge on any atom is 0.306 e. The highest BCUT2D eigenvalue weighted by molar-refractivity contribution is 7.16. The first kappa shape index (κ1) is 15.5. The molecule has 3 nitrogen and oxygen atoms in total. The third-order valence-electron chi connectivity index (χ3n) is 2.66. The number of rotatable bonds is 6. The van der Waals surface area contributed by atoms with E-state index in [2.05, 4.69) is 0 Å². The Bertz CT molecular complexity index is 403. The monoisotopic (exact) mass is 289 g/mol. The molecule has 1 heterocycles. The normalized spacial score (nSPS) is 13.4. The molecule has 0 bridgehead atoms. The van der Waals surface area contributed by atoms with Crippen LogP contribution in [-0.2, 0) is 9.53 Å². The summed E-state index contributed by atoms with van der Waals surface area (Å²) in [4.78, 5) is 12.6. The van der Waals surface area contributed by atoms with E-state index in [1.165, 1.54) is 11.3 Å². The predicted octanol–water partition coefficient (Wildman–Crippen LogP) is 3.77. The SMILES string of the molecule is CCOC(=O)CC(C)(C)CC(N)c1ccc(Cl)s1. The highest BCUT2D eigenvalue weighted by Crippen LogP contribution is 2.35. The third kappa shape index (κ3) is 4.96. The topological polar surface area (TPSA) is 52.3 Å². The second kappa shape index (κ2) is 6.55. The second-order valence-corrected chi connectivity index (χ2v) is 6.85. The average molecular weight is 290 g/mol. The van der Waals surface area contributed by atoms with Gasteiger partial charge in [-0.2, -0.15) is 0 Å². The molecule has 0 fully saturated rings. The lowest BCUT2D eigenvalue weighted by Crippen LogP contribution is -2.24. The molecule has 1 rings (SSSR count). The van der Waals surface area contributed by atoms with Crippen molar-refractivity contribution < 1.29 is 9.53 Å². The number of hydrogen-bond donors (Lipinski definition) is 1. The molecule has 0 aliphatic rings. The molecule has 1 aromatic rings. The van der Waals surface area contributed by atoms with Gasteiger partial charge in [0.1, 0.15) is 0 Å². The lowest BCUT2D eigenvalue weighted by molar-refractivity contribution is -0.145. The number of esters is 1. The van der Waals surface area contributed by atoms with Gasteiger partial charge in [0.2, 0.25) is 0 Å². The molecule has 0 amide bonds. The van der Waals surface area contributed by atoms with E-state index >= 15 is 0 Å². The predicted molar refractivity (Wildman–Crippen MR) is 75.9 cm³/mol. The highest BCUT2D eigenvalue weighted by Gasteiger charge is 2.26. The minimum atomic E-state index is -0.178. The van der Waals surface area contributed by atoms with Crippen molar-refractivity contribution in [3.63, 3.8) is 0 Å². The van der Waals surface area contributed by atoms with E-state index in [1.54, 1.807) is 0 Å². The molecule has 18 heavy (non-hydrogen) atoms. The standard InChI is InChI=1S/C13H20ClNO2S/c1-4-17-12(16)8-13(2,3)7-9(15)10-5-6-11(14)18-10/h5-6,9H,4,7-8,15H2,1-3H3. The van der Waals surface area contributed by atoms with Gasteiger partial charge in [-0.05, 0) is 30.9 Å². The van der Waals surface area contributed by atoms with Gasteiger partial charge in [0, 0.05) is 10.9 Å². The second-order valence-electron chi connectivity index (χ2n) is 5.10. The van der Waals surface area contributed by atoms with E-state index in [0.717, 1.165) is 15.6 Å². The summed E-state index contributed by atoms with van der Waals surface area (Å²) in [6.07, 6.45) is 1.11.